The van der Waals surface area contributed by atoms with Crippen LogP contribution < -0.4 is 10.6 Å². The lowest BCUT2D eigenvalue weighted by molar-refractivity contribution is -0.123. The Morgan fingerprint density at radius 1 is 1.15 bits per heavy atom. The first-order valence-electron chi connectivity index (χ1n) is 6.66. The molecule has 5 heteroatoms. The highest BCUT2D eigenvalue weighted by atomic mass is 16.3. The van der Waals surface area contributed by atoms with Crippen molar-refractivity contribution < 1.29 is 14.7 Å². The van der Waals surface area contributed by atoms with Gasteiger partial charge >= 0.3 is 0 Å². The van der Waals surface area contributed by atoms with Crippen molar-refractivity contribution >= 4 is 23.2 Å². The molecule has 1 aromatic rings. The molecule has 1 aliphatic rings. The van der Waals surface area contributed by atoms with Crippen molar-refractivity contribution in [3.8, 4) is 0 Å². The number of anilines is 2. The Morgan fingerprint density at radius 2 is 1.75 bits per heavy atom. The number of rotatable bonds is 2. The third-order valence-corrected chi connectivity index (χ3v) is 3.10. The predicted molar refractivity (Wildman–Crippen MR) is 77.4 cm³/mol. The minimum Gasteiger partial charge on any atom is -0.388 e. The molecule has 3 N–H and O–H groups in total. The molecule has 108 valence electrons. The van der Waals surface area contributed by atoms with Crippen molar-refractivity contribution in [1.82, 2.24) is 0 Å². The van der Waals surface area contributed by atoms with E-state index in [1.807, 2.05) is 0 Å². The first-order chi connectivity index (χ1) is 9.24. The van der Waals surface area contributed by atoms with Crippen LogP contribution in [0.15, 0.2) is 18.2 Å². The summed E-state index contributed by atoms with van der Waals surface area (Å²) in [5.74, 6) is -0.673. The third kappa shape index (κ3) is 3.57. The van der Waals surface area contributed by atoms with Crippen LogP contribution in [0.5, 0.6) is 0 Å². The highest BCUT2D eigenvalue weighted by molar-refractivity contribution is 6.13. The van der Waals surface area contributed by atoms with Crippen LogP contribution in [0, 0.1) is 5.41 Å². The summed E-state index contributed by atoms with van der Waals surface area (Å²) >= 11 is 0. The number of carbonyl (C=O) groups excluding carboxylic acids is 2. The van der Waals surface area contributed by atoms with Crippen LogP contribution in [-0.4, -0.2) is 16.9 Å². The quantitative estimate of drug-likeness (QED) is 0.726. The molecule has 2 amide bonds. The van der Waals surface area contributed by atoms with Gasteiger partial charge in [-0.05, 0) is 29.5 Å². The summed E-state index contributed by atoms with van der Waals surface area (Å²) in [5.41, 5.74) is 1.83. The molecule has 1 atom stereocenters. The fraction of sp³-hybridized carbons (Fsp3) is 0.467. The van der Waals surface area contributed by atoms with Crippen LogP contribution in [0.3, 0.4) is 0 Å². The average molecular weight is 276 g/mol. The minimum absolute atomic E-state index is 0.00364. The number of amides is 2. The Hall–Kier alpha value is -1.88. The van der Waals surface area contributed by atoms with Crippen molar-refractivity contribution in [2.75, 3.05) is 10.6 Å². The van der Waals surface area contributed by atoms with Gasteiger partial charge in [0.2, 0.25) is 11.8 Å². The summed E-state index contributed by atoms with van der Waals surface area (Å²) in [6.45, 7) is 6.17. The largest absolute Gasteiger partial charge is 0.388 e. The first-order valence-corrected chi connectivity index (χ1v) is 6.66. The summed E-state index contributed by atoms with van der Waals surface area (Å²) in [5, 5.41) is 15.6. The minimum atomic E-state index is -0.601. The van der Waals surface area contributed by atoms with Gasteiger partial charge in [0.05, 0.1) is 17.5 Å². The summed E-state index contributed by atoms with van der Waals surface area (Å²) in [7, 11) is 0. The molecule has 0 spiro atoms. The highest BCUT2D eigenvalue weighted by Gasteiger charge is 2.22. The second kappa shape index (κ2) is 5.25. The number of carbonyl (C=O) groups is 2. The average Bonchev–Trinajstić information content (AvgIpc) is 2.42. The van der Waals surface area contributed by atoms with Gasteiger partial charge in [0.25, 0.3) is 0 Å². The molecule has 1 aliphatic heterocycles. The van der Waals surface area contributed by atoms with Crippen molar-refractivity contribution in [2.24, 2.45) is 5.41 Å². The molecule has 0 aliphatic carbocycles. The number of nitrogens with one attached hydrogen (secondary N) is 2. The van der Waals surface area contributed by atoms with E-state index in [9.17, 15) is 14.7 Å². The van der Waals surface area contributed by atoms with E-state index in [0.29, 0.717) is 17.8 Å². The second-order valence-electron chi connectivity index (χ2n) is 6.36. The molecule has 20 heavy (non-hydrogen) atoms. The lowest BCUT2D eigenvalue weighted by Crippen LogP contribution is -2.16. The van der Waals surface area contributed by atoms with Gasteiger partial charge in [-0.2, -0.15) is 0 Å². The number of aliphatic hydroxyl groups is 1. The monoisotopic (exact) mass is 276 g/mol. The van der Waals surface area contributed by atoms with E-state index in [1.54, 1.807) is 18.2 Å². The van der Waals surface area contributed by atoms with E-state index >= 15 is 0 Å². The Bertz CT molecular complexity index is 547. The number of aliphatic hydroxyl groups excluding tert-OH is 1. The van der Waals surface area contributed by atoms with Crippen LogP contribution in [0.4, 0.5) is 11.4 Å². The molecule has 0 fully saturated rings. The van der Waals surface area contributed by atoms with Crippen LogP contribution in [0.1, 0.15) is 45.3 Å². The Morgan fingerprint density at radius 3 is 2.35 bits per heavy atom. The lowest BCUT2D eigenvalue weighted by atomic mass is 9.87. The smallest absolute Gasteiger partial charge is 0.233 e. The van der Waals surface area contributed by atoms with Crippen molar-refractivity contribution in [2.45, 2.75) is 39.7 Å². The maximum Gasteiger partial charge on any atom is 0.233 e. The predicted octanol–water partition coefficient (Wildman–Crippen LogP) is 2.44. The summed E-state index contributed by atoms with van der Waals surface area (Å²) in [4.78, 5) is 23.0. The molecule has 0 aromatic heterocycles. The maximum atomic E-state index is 11.5. The molecule has 0 saturated heterocycles. The van der Waals surface area contributed by atoms with Crippen LogP contribution in [0.25, 0.3) is 0 Å². The van der Waals surface area contributed by atoms with Gasteiger partial charge in [0.1, 0.15) is 6.42 Å². The molecule has 0 saturated carbocycles. The van der Waals surface area contributed by atoms with Gasteiger partial charge in [0.15, 0.2) is 0 Å². The molecule has 1 heterocycles. The van der Waals surface area contributed by atoms with E-state index in [0.717, 1.165) is 5.56 Å². The topological polar surface area (TPSA) is 78.4 Å². The van der Waals surface area contributed by atoms with Crippen LogP contribution in [-0.2, 0) is 9.59 Å². The van der Waals surface area contributed by atoms with E-state index < -0.39 is 6.10 Å². The van der Waals surface area contributed by atoms with Gasteiger partial charge in [-0.1, -0.05) is 26.8 Å². The Kier molecular flexibility index (Phi) is 3.81. The molecule has 1 unspecified atom stereocenters. The van der Waals surface area contributed by atoms with Crippen LogP contribution in [0.2, 0.25) is 0 Å². The van der Waals surface area contributed by atoms with E-state index in [1.165, 1.54) is 0 Å². The number of benzene rings is 1. The zero-order valence-electron chi connectivity index (χ0n) is 12.0. The molecule has 0 radical (unpaired) electrons. The van der Waals surface area contributed by atoms with Crippen molar-refractivity contribution in [1.29, 1.82) is 0 Å². The molecule has 1 aromatic carbocycles. The highest BCUT2D eigenvalue weighted by Crippen LogP contribution is 2.33. The number of hydrogen-bond donors (Lipinski definition) is 3. The Balaban J connectivity index is 2.27. The van der Waals surface area contributed by atoms with E-state index in [-0.39, 0.29) is 23.7 Å². The normalized spacial score (nSPS) is 16.8. The third-order valence-electron chi connectivity index (χ3n) is 3.10. The van der Waals surface area contributed by atoms with E-state index in [2.05, 4.69) is 31.4 Å². The van der Waals surface area contributed by atoms with Gasteiger partial charge in [-0.15, -0.1) is 0 Å². The van der Waals surface area contributed by atoms with Crippen molar-refractivity contribution in [3.63, 3.8) is 0 Å². The van der Waals surface area contributed by atoms with Gasteiger partial charge in [-0.3, -0.25) is 9.59 Å². The molecular weight excluding hydrogens is 256 g/mol. The number of fused-ring (bicyclic) bond motifs is 1. The van der Waals surface area contributed by atoms with Gasteiger partial charge < -0.3 is 15.7 Å². The molecule has 0 bridgehead atoms. The second-order valence-corrected chi connectivity index (χ2v) is 6.36. The van der Waals surface area contributed by atoms with Gasteiger partial charge in [0, 0.05) is 0 Å². The fourth-order valence-corrected chi connectivity index (χ4v) is 2.21. The first kappa shape index (κ1) is 14.5. The molecule has 5 nitrogen and oxygen atoms in total. The summed E-state index contributed by atoms with van der Waals surface area (Å²) in [6, 6.07) is 5.20. The Labute approximate surface area is 118 Å². The van der Waals surface area contributed by atoms with Gasteiger partial charge in [-0.25, -0.2) is 0 Å². The maximum absolute atomic E-state index is 11.5. The zero-order chi connectivity index (χ0) is 14.9. The lowest BCUT2D eigenvalue weighted by Gasteiger charge is -2.23. The fourth-order valence-electron chi connectivity index (χ4n) is 2.21. The number of hydrogen-bond acceptors (Lipinski definition) is 3. The summed E-state index contributed by atoms with van der Waals surface area (Å²) < 4.78 is 0. The van der Waals surface area contributed by atoms with Crippen LogP contribution >= 0.6 is 0 Å². The van der Waals surface area contributed by atoms with Crippen molar-refractivity contribution in [3.05, 3.63) is 23.8 Å². The van der Waals surface area contributed by atoms with E-state index in [4.69, 9.17) is 0 Å². The SMILES string of the molecule is CC(C)(C)CC(O)c1ccc2c(c1)NC(=O)CC(=O)N2. The zero-order valence-corrected chi connectivity index (χ0v) is 12.0. The summed E-state index contributed by atoms with van der Waals surface area (Å²) in [6.07, 6.45) is -0.170. The molecule has 2 rings (SSSR count). The standard InChI is InChI=1S/C15H20N2O3/c1-15(2,3)8-12(18)9-4-5-10-11(6-9)17-14(20)7-13(19)16-10/h4-6,12,18H,7-8H2,1-3H3,(H,16,19)(H,17,20). The molecular formula is C15H20N2O3.